The number of aryl methyl sites for hydroxylation is 2. The van der Waals surface area contributed by atoms with Gasteiger partial charge in [-0.05, 0) is 25.5 Å². The summed E-state index contributed by atoms with van der Waals surface area (Å²) in [7, 11) is 1.62. The molecule has 17 heavy (non-hydrogen) atoms. The Morgan fingerprint density at radius 3 is 2.53 bits per heavy atom. The van der Waals surface area contributed by atoms with Gasteiger partial charge in [-0.2, -0.15) is 0 Å². The average molecular weight is 235 g/mol. The molecule has 1 N–H and O–H groups in total. The van der Waals surface area contributed by atoms with Gasteiger partial charge in [0.25, 0.3) is 5.91 Å². The van der Waals surface area contributed by atoms with Crippen LogP contribution in [0, 0.1) is 13.8 Å². The third-order valence-electron chi connectivity index (χ3n) is 2.63. The minimum absolute atomic E-state index is 0.0346. The zero-order chi connectivity index (χ0) is 13.0. The van der Waals surface area contributed by atoms with Gasteiger partial charge in [0.1, 0.15) is 0 Å². The van der Waals surface area contributed by atoms with Crippen molar-refractivity contribution in [3.05, 3.63) is 34.9 Å². The molecule has 1 amide bonds. The maximum atomic E-state index is 12.1. The molecule has 1 aromatic rings. The fourth-order valence-corrected chi connectivity index (χ4v) is 1.54. The normalized spacial score (nSPS) is 10.1. The van der Waals surface area contributed by atoms with E-state index in [-0.39, 0.29) is 18.9 Å². The fraction of sp³-hybridized carbons (Fsp3) is 0.385. The molecule has 4 heteroatoms. The molecule has 4 nitrogen and oxygen atoms in total. The van der Waals surface area contributed by atoms with Crippen molar-refractivity contribution >= 4 is 11.9 Å². The van der Waals surface area contributed by atoms with E-state index in [2.05, 4.69) is 0 Å². The predicted molar refractivity (Wildman–Crippen MR) is 65.1 cm³/mol. The van der Waals surface area contributed by atoms with Crippen molar-refractivity contribution in [1.29, 1.82) is 0 Å². The number of rotatable bonds is 4. The van der Waals surface area contributed by atoms with E-state index in [1.807, 2.05) is 32.0 Å². The van der Waals surface area contributed by atoms with Gasteiger partial charge in [0.2, 0.25) is 0 Å². The van der Waals surface area contributed by atoms with E-state index < -0.39 is 5.97 Å². The molecule has 0 heterocycles. The highest BCUT2D eigenvalue weighted by atomic mass is 16.4. The molecule has 0 bridgehead atoms. The maximum absolute atomic E-state index is 12.1. The first kappa shape index (κ1) is 13.2. The lowest BCUT2D eigenvalue weighted by Gasteiger charge is -2.17. The summed E-state index contributed by atoms with van der Waals surface area (Å²) in [6.45, 7) is 4.02. The first-order valence-electron chi connectivity index (χ1n) is 5.46. The lowest BCUT2D eigenvalue weighted by atomic mass is 10.0. The van der Waals surface area contributed by atoms with Crippen LogP contribution in [0.2, 0.25) is 0 Å². The lowest BCUT2D eigenvalue weighted by Crippen LogP contribution is -2.29. The molecule has 1 aromatic carbocycles. The van der Waals surface area contributed by atoms with E-state index >= 15 is 0 Å². The van der Waals surface area contributed by atoms with Gasteiger partial charge in [0.15, 0.2) is 0 Å². The van der Waals surface area contributed by atoms with Crippen LogP contribution in [0.4, 0.5) is 0 Å². The van der Waals surface area contributed by atoms with E-state index in [4.69, 9.17) is 5.11 Å². The second-order valence-electron chi connectivity index (χ2n) is 4.19. The summed E-state index contributed by atoms with van der Waals surface area (Å²) in [5, 5.41) is 8.58. The molecule has 0 radical (unpaired) electrons. The minimum atomic E-state index is -0.898. The van der Waals surface area contributed by atoms with Crippen LogP contribution in [0.1, 0.15) is 27.9 Å². The molecule has 0 aliphatic heterocycles. The Labute approximate surface area is 101 Å². The monoisotopic (exact) mass is 235 g/mol. The van der Waals surface area contributed by atoms with Gasteiger partial charge in [-0.15, -0.1) is 0 Å². The summed E-state index contributed by atoms with van der Waals surface area (Å²) in [5.41, 5.74) is 2.56. The average Bonchev–Trinajstić information content (AvgIpc) is 2.28. The fourth-order valence-electron chi connectivity index (χ4n) is 1.54. The number of hydrogen-bond donors (Lipinski definition) is 1. The molecule has 0 fully saturated rings. The Kier molecular flexibility index (Phi) is 4.26. The van der Waals surface area contributed by atoms with Crippen molar-refractivity contribution in [3.63, 3.8) is 0 Å². The van der Waals surface area contributed by atoms with Gasteiger partial charge in [-0.25, -0.2) is 0 Å². The second-order valence-corrected chi connectivity index (χ2v) is 4.19. The van der Waals surface area contributed by atoms with Crippen LogP contribution in [0.25, 0.3) is 0 Å². The summed E-state index contributed by atoms with van der Waals surface area (Å²) in [4.78, 5) is 23.9. The summed E-state index contributed by atoms with van der Waals surface area (Å²) in [5.74, 6) is -1.03. The lowest BCUT2D eigenvalue weighted by molar-refractivity contribution is -0.137. The molecule has 0 aliphatic rings. The van der Waals surface area contributed by atoms with Crippen molar-refractivity contribution < 1.29 is 14.7 Å². The van der Waals surface area contributed by atoms with Gasteiger partial charge in [-0.3, -0.25) is 9.59 Å². The van der Waals surface area contributed by atoms with Crippen LogP contribution >= 0.6 is 0 Å². The number of nitrogens with zero attached hydrogens (tertiary/aromatic N) is 1. The smallest absolute Gasteiger partial charge is 0.305 e. The zero-order valence-corrected chi connectivity index (χ0v) is 10.4. The number of carboxylic acid groups (broad SMARTS) is 1. The number of benzene rings is 1. The third kappa shape index (κ3) is 3.59. The number of amides is 1. The molecule has 0 saturated carbocycles. The number of carbonyl (C=O) groups excluding carboxylic acids is 1. The first-order valence-corrected chi connectivity index (χ1v) is 5.46. The standard InChI is InChI=1S/C13H17NO3/c1-9-4-5-10(2)11(8-9)13(17)14(3)7-6-12(15)16/h4-5,8H,6-7H2,1-3H3,(H,15,16). The van der Waals surface area contributed by atoms with Crippen LogP contribution in [0.5, 0.6) is 0 Å². The van der Waals surface area contributed by atoms with Crippen molar-refractivity contribution in [3.8, 4) is 0 Å². The summed E-state index contributed by atoms with van der Waals surface area (Å²) >= 11 is 0. The van der Waals surface area contributed by atoms with Crippen molar-refractivity contribution in [2.45, 2.75) is 20.3 Å². The topological polar surface area (TPSA) is 57.6 Å². The van der Waals surface area contributed by atoms with Crippen LogP contribution in [0.3, 0.4) is 0 Å². The van der Waals surface area contributed by atoms with E-state index in [1.165, 1.54) is 4.90 Å². The molecule has 0 atom stereocenters. The largest absolute Gasteiger partial charge is 0.481 e. The van der Waals surface area contributed by atoms with E-state index in [9.17, 15) is 9.59 Å². The second kappa shape index (κ2) is 5.48. The van der Waals surface area contributed by atoms with E-state index in [1.54, 1.807) is 7.05 Å². The van der Waals surface area contributed by atoms with Crippen LogP contribution in [-0.2, 0) is 4.79 Å². The van der Waals surface area contributed by atoms with Crippen LogP contribution in [0.15, 0.2) is 18.2 Å². The van der Waals surface area contributed by atoms with E-state index in [0.717, 1.165) is 11.1 Å². The summed E-state index contributed by atoms with van der Waals surface area (Å²) < 4.78 is 0. The molecule has 0 aliphatic carbocycles. The summed E-state index contributed by atoms with van der Waals surface area (Å²) in [6, 6.07) is 5.67. The molecule has 0 saturated heterocycles. The molecule has 0 aromatic heterocycles. The Morgan fingerprint density at radius 2 is 1.94 bits per heavy atom. The zero-order valence-electron chi connectivity index (χ0n) is 10.4. The van der Waals surface area contributed by atoms with Crippen molar-refractivity contribution in [2.75, 3.05) is 13.6 Å². The minimum Gasteiger partial charge on any atom is -0.481 e. The SMILES string of the molecule is Cc1ccc(C)c(C(=O)N(C)CCC(=O)O)c1. The van der Waals surface area contributed by atoms with Gasteiger partial charge >= 0.3 is 5.97 Å². The third-order valence-corrected chi connectivity index (χ3v) is 2.63. The van der Waals surface area contributed by atoms with Crippen LogP contribution < -0.4 is 0 Å². The van der Waals surface area contributed by atoms with Gasteiger partial charge in [0, 0.05) is 19.2 Å². The quantitative estimate of drug-likeness (QED) is 0.866. The maximum Gasteiger partial charge on any atom is 0.305 e. The van der Waals surface area contributed by atoms with Gasteiger partial charge in [-0.1, -0.05) is 17.7 Å². The molecule has 0 spiro atoms. The van der Waals surface area contributed by atoms with Gasteiger partial charge in [0.05, 0.1) is 6.42 Å². The van der Waals surface area contributed by atoms with Crippen molar-refractivity contribution in [2.24, 2.45) is 0 Å². The Morgan fingerprint density at radius 1 is 1.29 bits per heavy atom. The van der Waals surface area contributed by atoms with Crippen molar-refractivity contribution in [1.82, 2.24) is 4.90 Å². The molecular weight excluding hydrogens is 218 g/mol. The Hall–Kier alpha value is -1.84. The number of hydrogen-bond acceptors (Lipinski definition) is 2. The molecule has 1 rings (SSSR count). The molecule has 92 valence electrons. The van der Waals surface area contributed by atoms with E-state index in [0.29, 0.717) is 5.56 Å². The number of carbonyl (C=O) groups is 2. The number of carboxylic acids is 1. The highest BCUT2D eigenvalue weighted by Gasteiger charge is 2.14. The number of aliphatic carboxylic acids is 1. The first-order chi connectivity index (χ1) is 7.91. The van der Waals surface area contributed by atoms with Gasteiger partial charge < -0.3 is 10.0 Å². The Bertz CT molecular complexity index is 440. The highest BCUT2D eigenvalue weighted by Crippen LogP contribution is 2.12. The van der Waals surface area contributed by atoms with Crippen LogP contribution in [-0.4, -0.2) is 35.5 Å². The molecular formula is C13H17NO3. The summed E-state index contributed by atoms with van der Waals surface area (Å²) in [6.07, 6.45) is -0.0346. The highest BCUT2D eigenvalue weighted by molar-refractivity contribution is 5.95. The molecule has 0 unspecified atom stereocenters. The predicted octanol–water partition coefficient (Wildman–Crippen LogP) is 1.85. The Balaban J connectivity index is 2.81.